The third kappa shape index (κ3) is 4.22. The number of carbonyl (C=O) groups is 1. The SMILES string of the molecule is CC[C@@H]1[C@@H](CCCCCl)C(=O)[C@@H](CC[N+](=O)[O-])CC12OCCO2. The topological polar surface area (TPSA) is 78.7 Å². The molecule has 1 spiro atoms. The lowest BCUT2D eigenvalue weighted by Gasteiger charge is -2.46. The molecule has 1 saturated carbocycles. The average molecular weight is 348 g/mol. The van der Waals surface area contributed by atoms with E-state index in [-0.39, 0.29) is 41.4 Å². The van der Waals surface area contributed by atoms with Crippen LogP contribution >= 0.6 is 11.6 Å². The van der Waals surface area contributed by atoms with Gasteiger partial charge in [0, 0.05) is 41.4 Å². The van der Waals surface area contributed by atoms with Gasteiger partial charge in [0.15, 0.2) is 5.79 Å². The van der Waals surface area contributed by atoms with Crippen molar-refractivity contribution < 1.29 is 19.2 Å². The van der Waals surface area contributed by atoms with E-state index in [0.29, 0.717) is 25.5 Å². The Bertz CT molecular complexity index is 425. The summed E-state index contributed by atoms with van der Waals surface area (Å²) in [4.78, 5) is 23.2. The predicted molar refractivity (Wildman–Crippen MR) is 86.1 cm³/mol. The molecule has 2 aliphatic rings. The van der Waals surface area contributed by atoms with Crippen molar-refractivity contribution in [3.05, 3.63) is 10.1 Å². The van der Waals surface area contributed by atoms with Gasteiger partial charge in [0.2, 0.25) is 6.54 Å². The van der Waals surface area contributed by atoms with Crippen LogP contribution in [0.1, 0.15) is 45.4 Å². The Balaban J connectivity index is 2.16. The first-order valence-electron chi connectivity index (χ1n) is 8.53. The van der Waals surface area contributed by atoms with Crippen molar-refractivity contribution in [1.82, 2.24) is 0 Å². The number of halogens is 1. The Labute approximate surface area is 142 Å². The number of hydrogen-bond donors (Lipinski definition) is 0. The molecule has 0 aromatic heterocycles. The third-order valence-electron chi connectivity index (χ3n) is 5.12. The maximum absolute atomic E-state index is 12.9. The fourth-order valence-corrected chi connectivity index (χ4v) is 4.30. The number of alkyl halides is 1. The van der Waals surface area contributed by atoms with Crippen LogP contribution in [0.2, 0.25) is 0 Å². The number of rotatable bonds is 8. The van der Waals surface area contributed by atoms with Crippen LogP contribution in [0.15, 0.2) is 0 Å². The van der Waals surface area contributed by atoms with Gasteiger partial charge in [-0.15, -0.1) is 11.6 Å². The Morgan fingerprint density at radius 2 is 2.00 bits per heavy atom. The van der Waals surface area contributed by atoms with E-state index in [0.717, 1.165) is 25.7 Å². The van der Waals surface area contributed by atoms with Crippen LogP contribution in [0.3, 0.4) is 0 Å². The summed E-state index contributed by atoms with van der Waals surface area (Å²) < 4.78 is 11.9. The Morgan fingerprint density at radius 3 is 2.57 bits per heavy atom. The first kappa shape index (κ1) is 18.6. The molecular formula is C16H26ClNO5. The number of unbranched alkanes of at least 4 members (excludes halogenated alkanes) is 1. The zero-order valence-electron chi connectivity index (χ0n) is 13.7. The summed E-state index contributed by atoms with van der Waals surface area (Å²) in [7, 11) is 0. The summed E-state index contributed by atoms with van der Waals surface area (Å²) >= 11 is 5.75. The van der Waals surface area contributed by atoms with Crippen LogP contribution < -0.4 is 0 Å². The molecule has 0 aromatic carbocycles. The van der Waals surface area contributed by atoms with Gasteiger partial charge in [-0.2, -0.15) is 0 Å². The lowest BCUT2D eigenvalue weighted by Crippen LogP contribution is -2.53. The second kappa shape index (κ2) is 8.40. The van der Waals surface area contributed by atoms with Crippen LogP contribution in [0.5, 0.6) is 0 Å². The van der Waals surface area contributed by atoms with Crippen molar-refractivity contribution in [2.24, 2.45) is 17.8 Å². The van der Waals surface area contributed by atoms with Gasteiger partial charge >= 0.3 is 0 Å². The fourth-order valence-electron chi connectivity index (χ4n) is 4.11. The molecule has 3 atom stereocenters. The van der Waals surface area contributed by atoms with Crippen molar-refractivity contribution in [1.29, 1.82) is 0 Å². The number of nitrogens with zero attached hydrogens (tertiary/aromatic N) is 1. The minimum absolute atomic E-state index is 0.0275. The highest BCUT2D eigenvalue weighted by molar-refractivity contribution is 6.17. The van der Waals surface area contributed by atoms with Crippen molar-refractivity contribution in [2.45, 2.75) is 51.2 Å². The van der Waals surface area contributed by atoms with Crippen molar-refractivity contribution >= 4 is 17.4 Å². The second-order valence-corrected chi connectivity index (χ2v) is 6.84. The Kier molecular flexibility index (Phi) is 6.80. The number of hydrogen-bond acceptors (Lipinski definition) is 5. The normalized spacial score (nSPS) is 30.0. The number of Topliss-reactive ketones (excluding diaryl/α,β-unsaturated/α-hetero) is 1. The van der Waals surface area contributed by atoms with E-state index in [1.807, 2.05) is 0 Å². The molecular weight excluding hydrogens is 322 g/mol. The third-order valence-corrected chi connectivity index (χ3v) is 5.39. The van der Waals surface area contributed by atoms with E-state index >= 15 is 0 Å². The van der Waals surface area contributed by atoms with Gasteiger partial charge in [0.05, 0.1) is 13.2 Å². The van der Waals surface area contributed by atoms with Gasteiger partial charge < -0.3 is 9.47 Å². The molecule has 1 aliphatic carbocycles. The fraction of sp³-hybridized carbons (Fsp3) is 0.938. The van der Waals surface area contributed by atoms with Gasteiger partial charge in [-0.25, -0.2) is 0 Å². The molecule has 0 radical (unpaired) electrons. The van der Waals surface area contributed by atoms with Gasteiger partial charge in [-0.3, -0.25) is 14.9 Å². The molecule has 0 aromatic rings. The standard InChI is InChI=1S/C16H26ClNO5/c1-2-14-13(5-3-4-7-17)15(19)12(6-8-18(20)21)11-16(14)22-9-10-23-16/h12-14H,2-11H2,1H3/t12-,13+,14+/m0/s1. The summed E-state index contributed by atoms with van der Waals surface area (Å²) in [5.41, 5.74) is 0. The Morgan fingerprint density at radius 1 is 1.30 bits per heavy atom. The number of nitro groups is 1. The lowest BCUT2D eigenvalue weighted by atomic mass is 9.66. The van der Waals surface area contributed by atoms with E-state index in [4.69, 9.17) is 21.1 Å². The molecule has 23 heavy (non-hydrogen) atoms. The molecule has 7 heteroatoms. The molecule has 1 aliphatic heterocycles. The first-order chi connectivity index (χ1) is 11.0. The minimum atomic E-state index is -0.727. The molecule has 1 saturated heterocycles. The first-order valence-corrected chi connectivity index (χ1v) is 9.07. The van der Waals surface area contributed by atoms with Crippen LogP contribution in [0.4, 0.5) is 0 Å². The summed E-state index contributed by atoms with van der Waals surface area (Å²) in [6.07, 6.45) is 4.03. The van der Waals surface area contributed by atoms with Gasteiger partial charge in [0.1, 0.15) is 5.78 Å². The van der Waals surface area contributed by atoms with Crippen LogP contribution in [-0.2, 0) is 14.3 Å². The van der Waals surface area contributed by atoms with E-state index in [1.165, 1.54) is 0 Å². The number of ether oxygens (including phenoxy) is 2. The summed E-state index contributed by atoms with van der Waals surface area (Å²) in [5, 5.41) is 10.7. The smallest absolute Gasteiger partial charge is 0.204 e. The largest absolute Gasteiger partial charge is 0.347 e. The molecule has 0 unspecified atom stereocenters. The molecule has 0 bridgehead atoms. The molecule has 2 fully saturated rings. The van der Waals surface area contributed by atoms with Crippen molar-refractivity contribution in [3.63, 3.8) is 0 Å². The highest BCUT2D eigenvalue weighted by Crippen LogP contribution is 2.48. The van der Waals surface area contributed by atoms with E-state index in [9.17, 15) is 14.9 Å². The molecule has 6 nitrogen and oxygen atoms in total. The molecule has 2 rings (SSSR count). The lowest BCUT2D eigenvalue weighted by molar-refractivity contribution is -0.481. The molecule has 1 heterocycles. The number of ketones is 1. The van der Waals surface area contributed by atoms with Crippen LogP contribution in [0, 0.1) is 27.9 Å². The highest BCUT2D eigenvalue weighted by Gasteiger charge is 2.55. The van der Waals surface area contributed by atoms with Crippen LogP contribution in [0.25, 0.3) is 0 Å². The zero-order valence-corrected chi connectivity index (χ0v) is 14.4. The van der Waals surface area contributed by atoms with E-state index in [2.05, 4.69) is 6.92 Å². The van der Waals surface area contributed by atoms with Gasteiger partial charge in [-0.1, -0.05) is 13.3 Å². The second-order valence-electron chi connectivity index (χ2n) is 6.46. The van der Waals surface area contributed by atoms with Crippen molar-refractivity contribution in [2.75, 3.05) is 25.6 Å². The maximum Gasteiger partial charge on any atom is 0.204 e. The minimum Gasteiger partial charge on any atom is -0.347 e. The quantitative estimate of drug-likeness (QED) is 0.292. The maximum atomic E-state index is 12.9. The van der Waals surface area contributed by atoms with Crippen LogP contribution in [-0.4, -0.2) is 42.1 Å². The molecule has 0 amide bonds. The Hall–Kier alpha value is -0.720. The summed E-state index contributed by atoms with van der Waals surface area (Å²) in [6.45, 7) is 2.93. The van der Waals surface area contributed by atoms with Gasteiger partial charge in [-0.05, 0) is 19.3 Å². The zero-order chi connectivity index (χ0) is 16.9. The monoisotopic (exact) mass is 347 g/mol. The predicted octanol–water partition coefficient (Wildman–Crippen LogP) is 3.04. The molecule has 0 N–H and O–H groups in total. The van der Waals surface area contributed by atoms with E-state index in [1.54, 1.807) is 0 Å². The summed E-state index contributed by atoms with van der Waals surface area (Å²) in [5.74, 6) is -0.456. The average Bonchev–Trinajstić information content (AvgIpc) is 2.98. The molecule has 132 valence electrons. The number of carbonyl (C=O) groups excluding carboxylic acids is 1. The highest BCUT2D eigenvalue weighted by atomic mass is 35.5. The summed E-state index contributed by atoms with van der Waals surface area (Å²) in [6, 6.07) is 0. The van der Waals surface area contributed by atoms with Gasteiger partial charge in [0.25, 0.3) is 0 Å². The van der Waals surface area contributed by atoms with Crippen molar-refractivity contribution in [3.8, 4) is 0 Å². The van der Waals surface area contributed by atoms with E-state index < -0.39 is 5.79 Å².